The Kier molecular flexibility index (Phi) is 5.92. The van der Waals surface area contributed by atoms with Gasteiger partial charge >= 0.3 is 6.03 Å². The molecule has 1 aliphatic heterocycles. The highest BCUT2D eigenvalue weighted by atomic mass is 16.5. The van der Waals surface area contributed by atoms with E-state index in [2.05, 4.69) is 16.0 Å². The lowest BCUT2D eigenvalue weighted by Gasteiger charge is -2.30. The predicted octanol–water partition coefficient (Wildman–Crippen LogP) is 2.98. The first-order chi connectivity index (χ1) is 14.0. The minimum absolute atomic E-state index is 0.349. The molecule has 0 fully saturated rings. The number of amides is 3. The summed E-state index contributed by atoms with van der Waals surface area (Å²) in [7, 11) is 4.57. The lowest BCUT2D eigenvalue weighted by atomic mass is 9.93. The summed E-state index contributed by atoms with van der Waals surface area (Å²) >= 11 is 0. The molecule has 0 saturated carbocycles. The highest BCUT2D eigenvalue weighted by molar-refractivity contribution is 6.07. The Hall–Kier alpha value is -3.68. The number of carbonyl (C=O) groups is 2. The summed E-state index contributed by atoms with van der Waals surface area (Å²) in [6.45, 7) is 1.68. The number of hydrogen-bond donors (Lipinski definition) is 3. The van der Waals surface area contributed by atoms with Crippen molar-refractivity contribution in [1.29, 1.82) is 0 Å². The highest BCUT2D eigenvalue weighted by Gasteiger charge is 2.34. The molecule has 29 heavy (non-hydrogen) atoms. The maximum Gasteiger partial charge on any atom is 0.319 e. The zero-order valence-electron chi connectivity index (χ0n) is 16.7. The molecule has 0 saturated heterocycles. The quantitative estimate of drug-likeness (QED) is 0.696. The summed E-state index contributed by atoms with van der Waals surface area (Å²) in [5.74, 6) is 1.09. The van der Waals surface area contributed by atoms with Crippen molar-refractivity contribution in [2.24, 2.45) is 0 Å². The number of allylic oxidation sites excluding steroid dienone is 1. The number of carbonyl (C=O) groups excluding carboxylic acids is 2. The lowest BCUT2D eigenvalue weighted by Crippen LogP contribution is -2.46. The maximum absolute atomic E-state index is 13.2. The molecule has 152 valence electrons. The third-order valence-corrected chi connectivity index (χ3v) is 4.61. The molecule has 3 rings (SSSR count). The van der Waals surface area contributed by atoms with Gasteiger partial charge in [-0.2, -0.15) is 0 Å². The number of para-hydroxylation sites is 3. The number of benzene rings is 2. The zero-order chi connectivity index (χ0) is 21.0. The van der Waals surface area contributed by atoms with Gasteiger partial charge in [-0.25, -0.2) is 4.79 Å². The molecule has 0 spiro atoms. The van der Waals surface area contributed by atoms with E-state index in [1.54, 1.807) is 43.3 Å². The predicted molar refractivity (Wildman–Crippen MR) is 108 cm³/mol. The van der Waals surface area contributed by atoms with E-state index in [1.165, 1.54) is 21.3 Å². The zero-order valence-corrected chi connectivity index (χ0v) is 16.7. The summed E-state index contributed by atoms with van der Waals surface area (Å²) in [4.78, 5) is 25.4. The molecule has 3 N–H and O–H groups in total. The largest absolute Gasteiger partial charge is 0.495 e. The summed E-state index contributed by atoms with van der Waals surface area (Å²) < 4.78 is 16.2. The SMILES string of the molecule is COc1ccccc1NC(=O)C1=C(C)NC(=O)N[C@H]1c1cccc(OC)c1OC. The second kappa shape index (κ2) is 8.55. The average Bonchev–Trinajstić information content (AvgIpc) is 2.72. The van der Waals surface area contributed by atoms with Gasteiger partial charge < -0.3 is 30.2 Å². The van der Waals surface area contributed by atoms with Crippen LogP contribution in [-0.2, 0) is 4.79 Å². The van der Waals surface area contributed by atoms with Crippen LogP contribution in [0.25, 0.3) is 0 Å². The topological polar surface area (TPSA) is 97.9 Å². The number of urea groups is 1. The van der Waals surface area contributed by atoms with Crippen molar-refractivity contribution >= 4 is 17.6 Å². The van der Waals surface area contributed by atoms with Crippen molar-refractivity contribution in [3.05, 3.63) is 59.3 Å². The molecular weight excluding hydrogens is 374 g/mol. The first-order valence-corrected chi connectivity index (χ1v) is 8.93. The van der Waals surface area contributed by atoms with Crippen molar-refractivity contribution in [3.8, 4) is 17.2 Å². The van der Waals surface area contributed by atoms with Crippen LogP contribution in [0.2, 0.25) is 0 Å². The minimum atomic E-state index is -0.733. The molecule has 1 heterocycles. The van der Waals surface area contributed by atoms with E-state index in [4.69, 9.17) is 14.2 Å². The van der Waals surface area contributed by atoms with Gasteiger partial charge in [0.2, 0.25) is 0 Å². The number of methoxy groups -OCH3 is 3. The van der Waals surface area contributed by atoms with Crippen LogP contribution in [-0.4, -0.2) is 33.3 Å². The van der Waals surface area contributed by atoms with Crippen molar-refractivity contribution in [2.75, 3.05) is 26.6 Å². The van der Waals surface area contributed by atoms with Crippen LogP contribution in [0.1, 0.15) is 18.5 Å². The molecule has 1 aliphatic rings. The van der Waals surface area contributed by atoms with Crippen molar-refractivity contribution in [2.45, 2.75) is 13.0 Å². The number of ether oxygens (including phenoxy) is 3. The smallest absolute Gasteiger partial charge is 0.319 e. The van der Waals surface area contributed by atoms with Gasteiger partial charge in [-0.1, -0.05) is 24.3 Å². The molecule has 2 aromatic rings. The molecule has 1 atom stereocenters. The number of nitrogens with one attached hydrogen (secondary N) is 3. The molecule has 8 nitrogen and oxygen atoms in total. The Morgan fingerprint density at radius 2 is 1.66 bits per heavy atom. The van der Waals surface area contributed by atoms with Gasteiger partial charge in [-0.3, -0.25) is 4.79 Å². The van der Waals surface area contributed by atoms with Crippen LogP contribution in [0.4, 0.5) is 10.5 Å². The Labute approximate surface area is 168 Å². The van der Waals surface area contributed by atoms with Gasteiger partial charge in [0.15, 0.2) is 11.5 Å². The normalized spacial score (nSPS) is 15.9. The standard InChI is InChI=1S/C21H23N3O5/c1-12-17(20(25)23-14-9-5-6-10-15(14)27-2)18(24-21(26)22-12)13-8-7-11-16(28-3)19(13)29-4/h5-11,18H,1-4H3,(H,23,25)(H2,22,24,26)/t18-/m0/s1. The minimum Gasteiger partial charge on any atom is -0.495 e. The second-order valence-electron chi connectivity index (χ2n) is 6.31. The van der Waals surface area contributed by atoms with Gasteiger partial charge in [-0.05, 0) is 25.1 Å². The molecule has 0 radical (unpaired) electrons. The Bertz CT molecular complexity index is 971. The molecule has 0 aromatic heterocycles. The van der Waals surface area contributed by atoms with Crippen molar-refractivity contribution in [3.63, 3.8) is 0 Å². The van der Waals surface area contributed by atoms with E-state index in [-0.39, 0.29) is 5.91 Å². The fourth-order valence-electron chi connectivity index (χ4n) is 3.30. The molecule has 0 bridgehead atoms. The molecule has 0 aliphatic carbocycles. The average molecular weight is 397 g/mol. The number of rotatable bonds is 6. The molecule has 2 aromatic carbocycles. The van der Waals surface area contributed by atoms with E-state index in [0.29, 0.717) is 39.8 Å². The second-order valence-corrected chi connectivity index (χ2v) is 6.31. The van der Waals surface area contributed by atoms with E-state index in [1.807, 2.05) is 6.07 Å². The van der Waals surface area contributed by atoms with E-state index < -0.39 is 12.1 Å². The molecular formula is C21H23N3O5. The number of anilines is 1. The first-order valence-electron chi connectivity index (χ1n) is 8.93. The Morgan fingerprint density at radius 1 is 0.966 bits per heavy atom. The van der Waals surface area contributed by atoms with Crippen LogP contribution in [0.5, 0.6) is 17.2 Å². The van der Waals surface area contributed by atoms with Crippen LogP contribution >= 0.6 is 0 Å². The maximum atomic E-state index is 13.2. The van der Waals surface area contributed by atoms with Crippen molar-refractivity contribution in [1.82, 2.24) is 10.6 Å². The van der Waals surface area contributed by atoms with Crippen LogP contribution < -0.4 is 30.2 Å². The Balaban J connectivity index is 2.04. The fourth-order valence-corrected chi connectivity index (χ4v) is 3.30. The van der Waals surface area contributed by atoms with Gasteiger partial charge in [0.1, 0.15) is 5.75 Å². The van der Waals surface area contributed by atoms with Gasteiger partial charge in [0.25, 0.3) is 5.91 Å². The van der Waals surface area contributed by atoms with Gasteiger partial charge in [0.05, 0.1) is 38.6 Å². The van der Waals surface area contributed by atoms with Crippen molar-refractivity contribution < 1.29 is 23.8 Å². The first kappa shape index (κ1) is 20.1. The number of hydrogen-bond acceptors (Lipinski definition) is 5. The van der Waals surface area contributed by atoms with Crippen LogP contribution in [0.3, 0.4) is 0 Å². The van der Waals surface area contributed by atoms with Gasteiger partial charge in [0, 0.05) is 11.3 Å². The lowest BCUT2D eigenvalue weighted by molar-refractivity contribution is -0.113. The fraction of sp³-hybridized carbons (Fsp3) is 0.238. The van der Waals surface area contributed by atoms with E-state index >= 15 is 0 Å². The Morgan fingerprint density at radius 3 is 2.34 bits per heavy atom. The molecule has 8 heteroatoms. The highest BCUT2D eigenvalue weighted by Crippen LogP contribution is 2.39. The summed E-state index contributed by atoms with van der Waals surface area (Å²) in [5.41, 5.74) is 1.91. The van der Waals surface area contributed by atoms with Crippen LogP contribution in [0.15, 0.2) is 53.7 Å². The van der Waals surface area contributed by atoms with Gasteiger partial charge in [-0.15, -0.1) is 0 Å². The summed E-state index contributed by atoms with van der Waals surface area (Å²) in [6, 6.07) is 11.2. The molecule has 0 unspecified atom stereocenters. The monoisotopic (exact) mass is 397 g/mol. The van der Waals surface area contributed by atoms with E-state index in [0.717, 1.165) is 0 Å². The van der Waals surface area contributed by atoms with Crippen LogP contribution in [0, 0.1) is 0 Å². The summed E-state index contributed by atoms with van der Waals surface area (Å²) in [6.07, 6.45) is 0. The van der Waals surface area contributed by atoms with E-state index in [9.17, 15) is 9.59 Å². The summed E-state index contributed by atoms with van der Waals surface area (Å²) in [5, 5.41) is 8.31. The third-order valence-electron chi connectivity index (χ3n) is 4.61. The molecule has 3 amide bonds. The third kappa shape index (κ3) is 3.96.